The molecule has 6 heteroatoms. The molecule has 1 aliphatic carbocycles. The summed E-state index contributed by atoms with van der Waals surface area (Å²) < 4.78 is 0. The van der Waals surface area contributed by atoms with Crippen LogP contribution < -0.4 is 5.32 Å². The van der Waals surface area contributed by atoms with Crippen LogP contribution in [-0.4, -0.2) is 34.8 Å². The second kappa shape index (κ2) is 6.26. The van der Waals surface area contributed by atoms with Gasteiger partial charge < -0.3 is 10.4 Å². The lowest BCUT2D eigenvalue weighted by Crippen LogP contribution is -2.41. The van der Waals surface area contributed by atoms with Gasteiger partial charge in [0.1, 0.15) is 5.03 Å². The maximum atomic E-state index is 12.2. The van der Waals surface area contributed by atoms with E-state index in [2.05, 4.69) is 10.3 Å². The SMILES string of the molecule is CSc1ncccc1C(=O)NCC1(C(=O)O)CCCC1. The van der Waals surface area contributed by atoms with Gasteiger partial charge >= 0.3 is 5.97 Å². The molecule has 1 heterocycles. The topological polar surface area (TPSA) is 79.3 Å². The number of nitrogens with zero attached hydrogens (tertiary/aromatic N) is 1. The van der Waals surface area contributed by atoms with Gasteiger partial charge in [-0.25, -0.2) is 4.98 Å². The van der Waals surface area contributed by atoms with Crippen molar-refractivity contribution >= 4 is 23.6 Å². The molecule has 1 saturated carbocycles. The monoisotopic (exact) mass is 294 g/mol. The molecule has 0 spiro atoms. The van der Waals surface area contributed by atoms with Crippen LogP contribution in [0.1, 0.15) is 36.0 Å². The molecular formula is C14H18N2O3S. The zero-order chi connectivity index (χ0) is 14.6. The largest absolute Gasteiger partial charge is 0.481 e. The first kappa shape index (κ1) is 14.8. The predicted octanol–water partition coefficient (Wildman–Crippen LogP) is 2.18. The summed E-state index contributed by atoms with van der Waals surface area (Å²) >= 11 is 1.40. The zero-order valence-corrected chi connectivity index (χ0v) is 12.2. The van der Waals surface area contributed by atoms with Gasteiger partial charge in [-0.3, -0.25) is 9.59 Å². The first-order valence-electron chi connectivity index (χ1n) is 6.60. The fraction of sp³-hybridized carbons (Fsp3) is 0.500. The lowest BCUT2D eigenvalue weighted by molar-refractivity contribution is -0.148. The third kappa shape index (κ3) is 2.95. The third-order valence-corrected chi connectivity index (χ3v) is 4.52. The molecule has 0 saturated heterocycles. The lowest BCUT2D eigenvalue weighted by Gasteiger charge is -2.24. The van der Waals surface area contributed by atoms with Gasteiger partial charge in [-0.15, -0.1) is 11.8 Å². The summed E-state index contributed by atoms with van der Waals surface area (Å²) in [5, 5.41) is 12.8. The molecule has 2 rings (SSSR count). The number of nitrogens with one attached hydrogen (secondary N) is 1. The highest BCUT2D eigenvalue weighted by Crippen LogP contribution is 2.37. The van der Waals surface area contributed by atoms with E-state index in [0.29, 0.717) is 23.4 Å². The summed E-state index contributed by atoms with van der Waals surface area (Å²) in [6.07, 6.45) is 6.57. The minimum absolute atomic E-state index is 0.184. The summed E-state index contributed by atoms with van der Waals surface area (Å²) in [4.78, 5) is 27.8. The van der Waals surface area contributed by atoms with Gasteiger partial charge in [-0.2, -0.15) is 0 Å². The van der Waals surface area contributed by atoms with E-state index in [-0.39, 0.29) is 12.5 Å². The van der Waals surface area contributed by atoms with Crippen LogP contribution in [0.2, 0.25) is 0 Å². The van der Waals surface area contributed by atoms with Gasteiger partial charge in [0.15, 0.2) is 0 Å². The number of amides is 1. The summed E-state index contributed by atoms with van der Waals surface area (Å²) in [5.41, 5.74) is -0.296. The minimum atomic E-state index is -0.813. The maximum absolute atomic E-state index is 12.2. The number of carbonyl (C=O) groups is 2. The Morgan fingerprint density at radius 2 is 2.15 bits per heavy atom. The van der Waals surface area contributed by atoms with Crippen molar-refractivity contribution in [2.24, 2.45) is 5.41 Å². The number of pyridine rings is 1. The van der Waals surface area contributed by atoms with Gasteiger partial charge in [0.2, 0.25) is 0 Å². The van der Waals surface area contributed by atoms with Gasteiger partial charge in [0.25, 0.3) is 5.91 Å². The molecule has 0 radical (unpaired) electrons. The van der Waals surface area contributed by atoms with E-state index in [4.69, 9.17) is 0 Å². The first-order chi connectivity index (χ1) is 9.59. The Balaban J connectivity index is 2.06. The number of aliphatic carboxylic acids is 1. The minimum Gasteiger partial charge on any atom is -0.481 e. The Labute approximate surface area is 122 Å². The van der Waals surface area contributed by atoms with Crippen LogP contribution in [0, 0.1) is 5.41 Å². The average molecular weight is 294 g/mol. The molecule has 1 aliphatic rings. The van der Waals surface area contributed by atoms with Crippen LogP contribution in [0.15, 0.2) is 23.4 Å². The average Bonchev–Trinajstić information content (AvgIpc) is 2.95. The van der Waals surface area contributed by atoms with Crippen LogP contribution >= 0.6 is 11.8 Å². The Kier molecular flexibility index (Phi) is 4.65. The highest BCUT2D eigenvalue weighted by Gasteiger charge is 2.41. The molecule has 20 heavy (non-hydrogen) atoms. The van der Waals surface area contributed by atoms with Crippen molar-refractivity contribution in [2.45, 2.75) is 30.7 Å². The lowest BCUT2D eigenvalue weighted by atomic mass is 9.86. The van der Waals surface area contributed by atoms with Crippen LogP contribution in [0.3, 0.4) is 0 Å². The van der Waals surface area contributed by atoms with Crippen molar-refractivity contribution in [3.05, 3.63) is 23.9 Å². The van der Waals surface area contributed by atoms with E-state index >= 15 is 0 Å². The van der Waals surface area contributed by atoms with Crippen LogP contribution in [0.4, 0.5) is 0 Å². The molecule has 0 aliphatic heterocycles. The number of hydrogen-bond donors (Lipinski definition) is 2. The number of aromatic nitrogens is 1. The van der Waals surface area contributed by atoms with Crippen LogP contribution in [-0.2, 0) is 4.79 Å². The van der Waals surface area contributed by atoms with Gasteiger partial charge in [0.05, 0.1) is 11.0 Å². The van der Waals surface area contributed by atoms with Gasteiger partial charge in [-0.05, 0) is 31.2 Å². The number of carbonyl (C=O) groups excluding carboxylic acids is 1. The first-order valence-corrected chi connectivity index (χ1v) is 7.82. The molecule has 0 aromatic carbocycles. The summed E-state index contributed by atoms with van der Waals surface area (Å²) in [6.45, 7) is 0.184. The normalized spacial score (nSPS) is 16.9. The Morgan fingerprint density at radius 3 is 2.75 bits per heavy atom. The number of rotatable bonds is 5. The van der Waals surface area contributed by atoms with E-state index in [1.54, 1.807) is 18.3 Å². The highest BCUT2D eigenvalue weighted by molar-refractivity contribution is 7.98. The molecule has 0 atom stereocenters. The molecule has 0 bridgehead atoms. The molecule has 5 nitrogen and oxygen atoms in total. The molecule has 1 amide bonds. The third-order valence-electron chi connectivity index (χ3n) is 3.81. The molecule has 1 fully saturated rings. The molecule has 1 aromatic rings. The number of hydrogen-bond acceptors (Lipinski definition) is 4. The fourth-order valence-electron chi connectivity index (χ4n) is 2.59. The number of carboxylic acid groups (broad SMARTS) is 1. The zero-order valence-electron chi connectivity index (χ0n) is 11.4. The Bertz CT molecular complexity index is 513. The van der Waals surface area contributed by atoms with Gasteiger partial charge in [-0.1, -0.05) is 12.8 Å². The maximum Gasteiger partial charge on any atom is 0.311 e. The molecule has 108 valence electrons. The number of thioether (sulfide) groups is 1. The van der Waals surface area contributed by atoms with Crippen LogP contribution in [0.25, 0.3) is 0 Å². The Morgan fingerprint density at radius 1 is 1.45 bits per heavy atom. The molecule has 0 unspecified atom stereocenters. The van der Waals surface area contributed by atoms with Gasteiger partial charge in [0, 0.05) is 12.7 Å². The molecular weight excluding hydrogens is 276 g/mol. The van der Waals surface area contributed by atoms with Crippen molar-refractivity contribution < 1.29 is 14.7 Å². The smallest absolute Gasteiger partial charge is 0.311 e. The van der Waals surface area contributed by atoms with Crippen molar-refractivity contribution in [2.75, 3.05) is 12.8 Å². The molecule has 2 N–H and O–H groups in total. The van der Waals surface area contributed by atoms with E-state index in [1.807, 2.05) is 6.26 Å². The summed E-state index contributed by atoms with van der Waals surface area (Å²) in [7, 11) is 0. The summed E-state index contributed by atoms with van der Waals surface area (Å²) in [5.74, 6) is -1.07. The van der Waals surface area contributed by atoms with Crippen molar-refractivity contribution in [3.8, 4) is 0 Å². The quantitative estimate of drug-likeness (QED) is 0.814. The highest BCUT2D eigenvalue weighted by atomic mass is 32.2. The number of carboxylic acids is 1. The van der Waals surface area contributed by atoms with Crippen molar-refractivity contribution in [1.29, 1.82) is 0 Å². The summed E-state index contributed by atoms with van der Waals surface area (Å²) in [6, 6.07) is 3.41. The van der Waals surface area contributed by atoms with E-state index in [0.717, 1.165) is 12.8 Å². The standard InChI is InChI=1S/C14H18N2O3S/c1-20-12-10(5-4-8-15-12)11(17)16-9-14(13(18)19)6-2-3-7-14/h4-5,8H,2-3,6-7,9H2,1H3,(H,16,17)(H,18,19). The van der Waals surface area contributed by atoms with E-state index in [9.17, 15) is 14.7 Å². The van der Waals surface area contributed by atoms with Crippen LogP contribution in [0.5, 0.6) is 0 Å². The second-order valence-corrected chi connectivity index (χ2v) is 5.83. The predicted molar refractivity (Wildman–Crippen MR) is 76.9 cm³/mol. The second-order valence-electron chi connectivity index (χ2n) is 5.04. The van der Waals surface area contributed by atoms with Crippen molar-refractivity contribution in [3.63, 3.8) is 0 Å². The van der Waals surface area contributed by atoms with E-state index in [1.165, 1.54) is 11.8 Å². The fourth-order valence-corrected chi connectivity index (χ4v) is 3.14. The van der Waals surface area contributed by atoms with Crippen molar-refractivity contribution in [1.82, 2.24) is 10.3 Å². The molecule has 1 aromatic heterocycles. The Hall–Kier alpha value is -1.56. The van der Waals surface area contributed by atoms with E-state index < -0.39 is 11.4 Å².